The molecule has 2 aromatic heterocycles. The Kier molecular flexibility index (Phi) is 8.44. The van der Waals surface area contributed by atoms with Gasteiger partial charge in [-0.1, -0.05) is 44.9 Å². The van der Waals surface area contributed by atoms with Gasteiger partial charge in [-0.05, 0) is 45.2 Å². The van der Waals surface area contributed by atoms with E-state index in [0.29, 0.717) is 12.5 Å². The molecule has 1 saturated carbocycles. The van der Waals surface area contributed by atoms with E-state index in [9.17, 15) is 14.0 Å². The first kappa shape index (κ1) is 28.3. The Balaban J connectivity index is 1.26. The van der Waals surface area contributed by atoms with Crippen LogP contribution in [0.15, 0.2) is 12.4 Å². The van der Waals surface area contributed by atoms with Gasteiger partial charge < -0.3 is 21.3 Å². The Morgan fingerprint density at radius 2 is 1.68 bits per heavy atom. The number of amides is 2. The number of hydrogen-bond donors (Lipinski definition) is 3. The van der Waals surface area contributed by atoms with Crippen molar-refractivity contribution in [1.82, 2.24) is 35.0 Å². The zero-order chi connectivity index (χ0) is 28.4. The highest BCUT2D eigenvalue weighted by atomic mass is 19.1. The molecule has 2 atom stereocenters. The van der Waals surface area contributed by atoms with Crippen LogP contribution in [0.1, 0.15) is 87.4 Å². The summed E-state index contributed by atoms with van der Waals surface area (Å²) in [5, 5.41) is 11.2. The molecular formula is C30H45FN8O2. The number of nitrogens with zero attached hydrogens (tertiary/aromatic N) is 5. The van der Waals surface area contributed by atoms with E-state index in [0.717, 1.165) is 71.0 Å². The molecule has 5 heterocycles. The van der Waals surface area contributed by atoms with Crippen LogP contribution in [-0.4, -0.2) is 87.6 Å². The molecule has 0 bridgehead atoms. The SMILES string of the molecule is Nc1nn2cc(F)cnc2c1C(=O)NC1CNCC2(CCCCCCCCC2)C1N1CCC(C(=O)N2CCC2)CC1. The summed E-state index contributed by atoms with van der Waals surface area (Å²) in [5.74, 6) is -0.399. The van der Waals surface area contributed by atoms with E-state index < -0.39 is 5.82 Å². The lowest BCUT2D eigenvalue weighted by Gasteiger charge is -2.55. The number of nitrogen functional groups attached to an aromatic ring is 1. The van der Waals surface area contributed by atoms with Gasteiger partial charge in [0.25, 0.3) is 5.91 Å². The van der Waals surface area contributed by atoms with Crippen LogP contribution in [0.25, 0.3) is 5.65 Å². The maximum atomic E-state index is 13.8. The second-order valence-electron chi connectivity index (χ2n) is 12.8. The Labute approximate surface area is 241 Å². The van der Waals surface area contributed by atoms with Crippen molar-refractivity contribution in [3.63, 3.8) is 0 Å². The summed E-state index contributed by atoms with van der Waals surface area (Å²) >= 11 is 0. The van der Waals surface area contributed by atoms with E-state index in [4.69, 9.17) is 5.73 Å². The fourth-order valence-electron chi connectivity index (χ4n) is 7.93. The number of rotatable bonds is 4. The van der Waals surface area contributed by atoms with Gasteiger partial charge in [-0.2, -0.15) is 0 Å². The Morgan fingerprint density at radius 1 is 1.00 bits per heavy atom. The summed E-state index contributed by atoms with van der Waals surface area (Å²) in [4.78, 5) is 35.5. The first-order valence-corrected chi connectivity index (χ1v) is 15.8. The standard InChI is InChI=1S/C30H45FN8O2/c31-22-17-34-27-24(26(32)36-39(27)19-22)28(40)35-23-18-33-20-30(11-6-4-2-1-3-5-7-12-30)25(23)37-15-9-21(10-16-37)29(41)38-13-8-14-38/h17,19,21,23,25,33H,1-16,18,20H2,(H2,32,36)(H,35,40). The van der Waals surface area contributed by atoms with Crippen molar-refractivity contribution in [3.8, 4) is 0 Å². The summed E-state index contributed by atoms with van der Waals surface area (Å²) in [6.07, 6.45) is 16.2. The second kappa shape index (κ2) is 12.2. The van der Waals surface area contributed by atoms with Crippen molar-refractivity contribution in [2.24, 2.45) is 11.3 Å². The third-order valence-corrected chi connectivity index (χ3v) is 10.2. The number of fused-ring (bicyclic) bond motifs is 1. The normalized spacial score (nSPS) is 26.5. The highest BCUT2D eigenvalue weighted by Crippen LogP contribution is 2.43. The molecule has 2 unspecified atom stereocenters. The van der Waals surface area contributed by atoms with Crippen molar-refractivity contribution >= 4 is 23.3 Å². The molecule has 3 aliphatic heterocycles. The molecule has 4 fully saturated rings. The number of aromatic nitrogens is 3. The van der Waals surface area contributed by atoms with Gasteiger partial charge >= 0.3 is 0 Å². The smallest absolute Gasteiger partial charge is 0.259 e. The van der Waals surface area contributed by atoms with Gasteiger partial charge in [0.15, 0.2) is 17.3 Å². The Bertz CT molecular complexity index is 1230. The number of nitrogens with one attached hydrogen (secondary N) is 2. The van der Waals surface area contributed by atoms with Crippen molar-refractivity contribution in [1.29, 1.82) is 0 Å². The van der Waals surface area contributed by atoms with Gasteiger partial charge in [-0.25, -0.2) is 13.9 Å². The van der Waals surface area contributed by atoms with E-state index in [1.165, 1.54) is 55.7 Å². The van der Waals surface area contributed by atoms with Crippen molar-refractivity contribution in [2.75, 3.05) is 45.0 Å². The zero-order valence-corrected chi connectivity index (χ0v) is 24.1. The van der Waals surface area contributed by atoms with Crippen LogP contribution in [0.2, 0.25) is 0 Å². The minimum Gasteiger partial charge on any atom is -0.381 e. The van der Waals surface area contributed by atoms with Gasteiger partial charge in [0.1, 0.15) is 5.56 Å². The molecule has 1 aliphatic carbocycles. The lowest BCUT2D eigenvalue weighted by Crippen LogP contribution is -2.69. The summed E-state index contributed by atoms with van der Waals surface area (Å²) in [6.45, 7) is 5.13. The van der Waals surface area contributed by atoms with Gasteiger partial charge in [-0.15, -0.1) is 5.10 Å². The number of carbonyl (C=O) groups excluding carboxylic acids is 2. The molecule has 224 valence electrons. The average Bonchev–Trinajstić information content (AvgIpc) is 3.26. The number of piperidine rings is 2. The first-order chi connectivity index (χ1) is 19.9. The second-order valence-corrected chi connectivity index (χ2v) is 12.8. The molecule has 1 spiro atoms. The lowest BCUT2D eigenvalue weighted by molar-refractivity contribution is -0.141. The van der Waals surface area contributed by atoms with Gasteiger partial charge in [-0.3, -0.25) is 14.5 Å². The number of halogens is 1. The van der Waals surface area contributed by atoms with E-state index in [2.05, 4.69) is 25.6 Å². The largest absolute Gasteiger partial charge is 0.381 e. The highest BCUT2D eigenvalue weighted by molar-refractivity contribution is 6.04. The Morgan fingerprint density at radius 3 is 2.34 bits per heavy atom. The summed E-state index contributed by atoms with van der Waals surface area (Å²) < 4.78 is 15.0. The zero-order valence-electron chi connectivity index (χ0n) is 24.1. The fourth-order valence-corrected chi connectivity index (χ4v) is 7.93. The Hall–Kier alpha value is -2.79. The number of anilines is 1. The van der Waals surface area contributed by atoms with Crippen LogP contribution in [0.3, 0.4) is 0 Å². The van der Waals surface area contributed by atoms with Gasteiger partial charge in [0.2, 0.25) is 5.91 Å². The maximum absolute atomic E-state index is 13.8. The van der Waals surface area contributed by atoms with Crippen molar-refractivity contribution in [3.05, 3.63) is 23.8 Å². The summed E-state index contributed by atoms with van der Waals surface area (Å²) in [5.41, 5.74) is 6.64. The van der Waals surface area contributed by atoms with Crippen LogP contribution in [0.4, 0.5) is 10.2 Å². The quantitative estimate of drug-likeness (QED) is 0.519. The molecule has 4 aliphatic rings. The van der Waals surface area contributed by atoms with Crippen LogP contribution < -0.4 is 16.4 Å². The number of likely N-dealkylation sites (tertiary alicyclic amines) is 2. The van der Waals surface area contributed by atoms with Crippen molar-refractivity contribution in [2.45, 2.75) is 89.1 Å². The van der Waals surface area contributed by atoms with Gasteiger partial charge in [0, 0.05) is 43.6 Å². The van der Waals surface area contributed by atoms with Crippen LogP contribution >= 0.6 is 0 Å². The lowest BCUT2D eigenvalue weighted by atomic mass is 9.66. The van der Waals surface area contributed by atoms with Gasteiger partial charge in [0.05, 0.1) is 18.4 Å². The number of hydrogen-bond acceptors (Lipinski definition) is 7. The van der Waals surface area contributed by atoms with E-state index >= 15 is 0 Å². The molecule has 6 rings (SSSR count). The molecule has 41 heavy (non-hydrogen) atoms. The fraction of sp³-hybridized carbons (Fsp3) is 0.733. The molecule has 2 aromatic rings. The van der Waals surface area contributed by atoms with Crippen LogP contribution in [0.5, 0.6) is 0 Å². The average molecular weight is 569 g/mol. The molecule has 0 aromatic carbocycles. The predicted molar refractivity (Wildman–Crippen MR) is 155 cm³/mol. The highest BCUT2D eigenvalue weighted by Gasteiger charge is 2.49. The number of carbonyl (C=O) groups is 2. The monoisotopic (exact) mass is 568 g/mol. The van der Waals surface area contributed by atoms with E-state index in [1.54, 1.807) is 0 Å². The third kappa shape index (κ3) is 5.80. The van der Waals surface area contributed by atoms with Crippen LogP contribution in [0, 0.1) is 17.2 Å². The van der Waals surface area contributed by atoms with E-state index in [-0.39, 0.29) is 46.4 Å². The topological polar surface area (TPSA) is 121 Å². The molecule has 2 amide bonds. The maximum Gasteiger partial charge on any atom is 0.259 e. The molecule has 4 N–H and O–H groups in total. The predicted octanol–water partition coefficient (Wildman–Crippen LogP) is 2.98. The molecule has 3 saturated heterocycles. The number of nitrogens with two attached hydrogens (primary N) is 1. The minimum absolute atomic E-state index is 0.0376. The molecule has 10 nitrogen and oxygen atoms in total. The summed E-state index contributed by atoms with van der Waals surface area (Å²) in [6, 6.07) is 0.0114. The molecule has 0 radical (unpaired) electrons. The van der Waals surface area contributed by atoms with Crippen LogP contribution in [-0.2, 0) is 4.79 Å². The molecular weight excluding hydrogens is 523 g/mol. The first-order valence-electron chi connectivity index (χ1n) is 15.8. The summed E-state index contributed by atoms with van der Waals surface area (Å²) in [7, 11) is 0. The van der Waals surface area contributed by atoms with E-state index in [1.807, 2.05) is 4.90 Å². The minimum atomic E-state index is -0.544. The van der Waals surface area contributed by atoms with Crippen molar-refractivity contribution < 1.29 is 14.0 Å². The molecule has 11 heteroatoms. The third-order valence-electron chi connectivity index (χ3n) is 10.2.